The molecule has 1 aliphatic rings. The molecule has 0 aliphatic carbocycles. The van der Waals surface area contributed by atoms with Crippen LogP contribution in [0.3, 0.4) is 0 Å². The van der Waals surface area contributed by atoms with E-state index in [1.165, 1.54) is 11.3 Å². The minimum Gasteiger partial charge on any atom is -0.480 e. The van der Waals surface area contributed by atoms with E-state index in [1.54, 1.807) is 0 Å². The molecule has 110 valence electrons. The molecule has 0 aromatic heterocycles. The van der Waals surface area contributed by atoms with Gasteiger partial charge in [0.2, 0.25) is 0 Å². The zero-order valence-electron chi connectivity index (χ0n) is 11.6. The van der Waals surface area contributed by atoms with Crippen LogP contribution in [-0.2, 0) is 4.79 Å². The van der Waals surface area contributed by atoms with Gasteiger partial charge in [-0.25, -0.2) is 9.59 Å². The highest BCUT2D eigenvalue weighted by atomic mass is 32.2. The van der Waals surface area contributed by atoms with E-state index in [0.717, 1.165) is 31.4 Å². The summed E-state index contributed by atoms with van der Waals surface area (Å²) < 4.78 is 0. The molecule has 0 aromatic rings. The Bertz CT molecular complexity index is 300. The van der Waals surface area contributed by atoms with Gasteiger partial charge in [0.05, 0.1) is 0 Å². The second-order valence-corrected chi connectivity index (χ2v) is 5.81. The van der Waals surface area contributed by atoms with Crippen molar-refractivity contribution in [1.29, 1.82) is 0 Å². The molecular weight excluding hydrogens is 264 g/mol. The van der Waals surface area contributed by atoms with Gasteiger partial charge in [-0.15, -0.1) is 0 Å². The molecule has 1 atom stereocenters. The van der Waals surface area contributed by atoms with Crippen molar-refractivity contribution in [2.45, 2.75) is 44.6 Å². The first-order valence-electron chi connectivity index (χ1n) is 6.93. The lowest BCUT2D eigenvalue weighted by Crippen LogP contribution is -2.52. The molecule has 2 N–H and O–H groups in total. The summed E-state index contributed by atoms with van der Waals surface area (Å²) in [5, 5.41) is 11.9. The van der Waals surface area contributed by atoms with Gasteiger partial charge in [-0.1, -0.05) is 6.42 Å². The fourth-order valence-electron chi connectivity index (χ4n) is 2.28. The number of nitrogens with one attached hydrogen (secondary N) is 1. The largest absolute Gasteiger partial charge is 0.480 e. The summed E-state index contributed by atoms with van der Waals surface area (Å²) in [6, 6.07) is -0.873. The van der Waals surface area contributed by atoms with Gasteiger partial charge >= 0.3 is 12.0 Å². The normalized spacial score (nSPS) is 19.2. The summed E-state index contributed by atoms with van der Waals surface area (Å²) in [4.78, 5) is 24.5. The monoisotopic (exact) mass is 288 g/mol. The first kappa shape index (κ1) is 16.1. The number of unbranched alkanes of at least 4 members (excludes halogenated alkanes) is 2. The lowest BCUT2D eigenvalue weighted by molar-refractivity contribution is -0.143. The van der Waals surface area contributed by atoms with E-state index in [4.69, 9.17) is 5.11 Å². The molecule has 0 spiro atoms. The molecule has 0 aromatic carbocycles. The van der Waals surface area contributed by atoms with Crippen molar-refractivity contribution in [3.05, 3.63) is 0 Å². The van der Waals surface area contributed by atoms with E-state index < -0.39 is 12.0 Å². The summed E-state index contributed by atoms with van der Waals surface area (Å²) in [5.74, 6) is 0.260. The third-order valence-corrected chi connectivity index (χ3v) is 4.05. The molecule has 1 unspecified atom stereocenters. The Morgan fingerprint density at radius 2 is 2.11 bits per heavy atom. The summed E-state index contributed by atoms with van der Waals surface area (Å²) in [6.45, 7) is 1.19. The van der Waals surface area contributed by atoms with Crippen molar-refractivity contribution in [3.8, 4) is 0 Å². The van der Waals surface area contributed by atoms with Gasteiger partial charge in [0.25, 0.3) is 0 Å². The molecule has 1 aliphatic heterocycles. The van der Waals surface area contributed by atoms with Crippen LogP contribution in [0.2, 0.25) is 0 Å². The number of hydrogen-bond acceptors (Lipinski definition) is 3. The first-order valence-corrected chi connectivity index (χ1v) is 8.32. The number of piperidine rings is 1. The lowest BCUT2D eigenvalue weighted by atomic mass is 10.0. The smallest absolute Gasteiger partial charge is 0.326 e. The first-order chi connectivity index (χ1) is 9.16. The molecule has 1 fully saturated rings. The Morgan fingerprint density at radius 3 is 2.79 bits per heavy atom. The molecule has 0 saturated carbocycles. The Morgan fingerprint density at radius 1 is 1.32 bits per heavy atom. The van der Waals surface area contributed by atoms with Crippen LogP contribution >= 0.6 is 11.8 Å². The number of carboxylic acid groups (broad SMARTS) is 1. The molecule has 5 nitrogen and oxygen atoms in total. The van der Waals surface area contributed by atoms with Gasteiger partial charge in [0.15, 0.2) is 0 Å². The maximum absolute atomic E-state index is 11.9. The van der Waals surface area contributed by atoms with Crippen LogP contribution in [-0.4, -0.2) is 53.1 Å². The van der Waals surface area contributed by atoms with Gasteiger partial charge in [-0.05, 0) is 44.1 Å². The number of hydrogen-bond donors (Lipinski definition) is 2. The fourth-order valence-corrected chi connectivity index (χ4v) is 2.77. The minimum absolute atomic E-state index is 0.225. The van der Waals surface area contributed by atoms with Crippen molar-refractivity contribution in [2.75, 3.05) is 25.1 Å². The van der Waals surface area contributed by atoms with Gasteiger partial charge in [-0.3, -0.25) is 0 Å². The zero-order chi connectivity index (χ0) is 14.1. The van der Waals surface area contributed by atoms with E-state index >= 15 is 0 Å². The maximum Gasteiger partial charge on any atom is 0.326 e. The fraction of sp³-hybridized carbons (Fsp3) is 0.846. The SMILES string of the molecule is CSCCCCCNC(=O)N1CCCCC1C(=O)O. The molecule has 1 heterocycles. The number of thioether (sulfide) groups is 1. The van der Waals surface area contributed by atoms with Crippen molar-refractivity contribution in [1.82, 2.24) is 10.2 Å². The van der Waals surface area contributed by atoms with Crippen LogP contribution in [0, 0.1) is 0 Å². The number of likely N-dealkylation sites (tertiary alicyclic amines) is 1. The van der Waals surface area contributed by atoms with Gasteiger partial charge in [-0.2, -0.15) is 11.8 Å². The molecule has 0 radical (unpaired) electrons. The third kappa shape index (κ3) is 5.72. The Labute approximate surface area is 119 Å². The number of carboxylic acids is 1. The summed E-state index contributed by atoms with van der Waals surface area (Å²) in [7, 11) is 0. The highest BCUT2D eigenvalue weighted by molar-refractivity contribution is 7.98. The van der Waals surface area contributed by atoms with E-state index in [1.807, 2.05) is 11.8 Å². The predicted octanol–water partition coefficient (Wildman–Crippen LogP) is 2.17. The van der Waals surface area contributed by atoms with E-state index in [9.17, 15) is 9.59 Å². The maximum atomic E-state index is 11.9. The number of carbonyl (C=O) groups excluding carboxylic acids is 1. The zero-order valence-corrected chi connectivity index (χ0v) is 12.4. The van der Waals surface area contributed by atoms with Crippen LogP contribution in [0.25, 0.3) is 0 Å². The Hall–Kier alpha value is -0.910. The second kappa shape index (κ2) is 9.07. The molecular formula is C13H24N2O3S. The topological polar surface area (TPSA) is 69.6 Å². The number of nitrogens with zero attached hydrogens (tertiary/aromatic N) is 1. The van der Waals surface area contributed by atoms with Crippen LogP contribution in [0.1, 0.15) is 38.5 Å². The number of carbonyl (C=O) groups is 2. The standard InChI is InChI=1S/C13H24N2O3S/c1-19-10-6-2-4-8-14-13(18)15-9-5-3-7-11(15)12(16)17/h11H,2-10H2,1H3,(H,14,18)(H,16,17). The summed E-state index contributed by atoms with van der Waals surface area (Å²) in [5.41, 5.74) is 0. The average Bonchev–Trinajstić information content (AvgIpc) is 2.42. The van der Waals surface area contributed by atoms with Gasteiger partial charge < -0.3 is 15.3 Å². The van der Waals surface area contributed by atoms with Crippen LogP contribution in [0.15, 0.2) is 0 Å². The van der Waals surface area contributed by atoms with Crippen molar-refractivity contribution < 1.29 is 14.7 Å². The lowest BCUT2D eigenvalue weighted by Gasteiger charge is -2.32. The van der Waals surface area contributed by atoms with Gasteiger partial charge in [0.1, 0.15) is 6.04 Å². The predicted molar refractivity (Wildman–Crippen MR) is 77.6 cm³/mol. The molecule has 1 saturated heterocycles. The summed E-state index contributed by atoms with van der Waals surface area (Å²) in [6.07, 6.45) is 7.65. The number of aliphatic carboxylic acids is 1. The second-order valence-electron chi connectivity index (χ2n) is 4.83. The highest BCUT2D eigenvalue weighted by Crippen LogP contribution is 2.17. The molecule has 6 heteroatoms. The van der Waals surface area contributed by atoms with Crippen LogP contribution in [0.4, 0.5) is 4.79 Å². The van der Waals surface area contributed by atoms with Crippen molar-refractivity contribution in [2.24, 2.45) is 0 Å². The van der Waals surface area contributed by atoms with E-state index in [0.29, 0.717) is 19.5 Å². The number of rotatable bonds is 7. The summed E-state index contributed by atoms with van der Waals surface area (Å²) >= 11 is 1.83. The third-order valence-electron chi connectivity index (χ3n) is 3.35. The minimum atomic E-state index is -0.894. The van der Waals surface area contributed by atoms with Crippen molar-refractivity contribution >= 4 is 23.8 Å². The molecule has 19 heavy (non-hydrogen) atoms. The van der Waals surface area contributed by atoms with E-state index in [-0.39, 0.29) is 6.03 Å². The van der Waals surface area contributed by atoms with Crippen LogP contribution in [0.5, 0.6) is 0 Å². The average molecular weight is 288 g/mol. The Balaban J connectivity index is 2.25. The van der Waals surface area contributed by atoms with Crippen molar-refractivity contribution in [3.63, 3.8) is 0 Å². The van der Waals surface area contributed by atoms with Crippen LogP contribution < -0.4 is 5.32 Å². The Kier molecular flexibility index (Phi) is 7.70. The quantitative estimate of drug-likeness (QED) is 0.704. The molecule has 1 rings (SSSR count). The number of amides is 2. The molecule has 0 bridgehead atoms. The number of urea groups is 1. The highest BCUT2D eigenvalue weighted by Gasteiger charge is 2.31. The van der Waals surface area contributed by atoms with E-state index in [2.05, 4.69) is 11.6 Å². The molecule has 2 amide bonds. The van der Waals surface area contributed by atoms with Gasteiger partial charge in [0, 0.05) is 13.1 Å².